The van der Waals surface area contributed by atoms with E-state index in [2.05, 4.69) is 32.9 Å². The summed E-state index contributed by atoms with van der Waals surface area (Å²) >= 11 is 1.33. The first-order chi connectivity index (χ1) is 20.5. The first-order valence-electron chi connectivity index (χ1n) is 15.7. The lowest BCUT2D eigenvalue weighted by atomic mass is 10.0. The highest BCUT2D eigenvalue weighted by Crippen LogP contribution is 2.19. The van der Waals surface area contributed by atoms with Gasteiger partial charge in [0, 0.05) is 31.4 Å². The van der Waals surface area contributed by atoms with Crippen LogP contribution in [0, 0.1) is 5.92 Å². The Kier molecular flexibility index (Phi) is 16.3. The minimum absolute atomic E-state index is 0.00596. The van der Waals surface area contributed by atoms with Crippen molar-refractivity contribution in [3.63, 3.8) is 0 Å². The number of hydrogen-bond acceptors (Lipinski definition) is 9. The van der Waals surface area contributed by atoms with Gasteiger partial charge in [0.15, 0.2) is 5.12 Å². The topological polar surface area (TPSA) is 138 Å². The van der Waals surface area contributed by atoms with Crippen LogP contribution in [-0.4, -0.2) is 71.5 Å². The summed E-state index contributed by atoms with van der Waals surface area (Å²) < 4.78 is 5.32. The van der Waals surface area contributed by atoms with Gasteiger partial charge in [0.25, 0.3) is 0 Å². The number of nitrogens with one attached hydrogen (secondary N) is 3. The van der Waals surface area contributed by atoms with E-state index in [1.165, 1.54) is 37.9 Å². The van der Waals surface area contributed by atoms with Crippen LogP contribution in [0.2, 0.25) is 0 Å². The van der Waals surface area contributed by atoms with Crippen molar-refractivity contribution in [2.24, 2.45) is 15.9 Å². The molecule has 0 saturated carbocycles. The molecule has 2 atom stereocenters. The molecule has 11 heteroatoms. The van der Waals surface area contributed by atoms with Crippen LogP contribution >= 0.6 is 11.8 Å². The standard InChI is InChI=1S/C32H51N5O5S/c1-6-7-8-9-10-17-29(40)43-18-12-11-15-26(42-24(4)38)19-28(39)33-21-25-14-13-16-27(36-25)30-35-22-32(5,37-30)31(41)34-20-23(2)3/h11,15-16,23,26H,6-10,12-14,17-22H2,1-5H3,(H,33,39)(H,34,41)(H,35,37)/b15-11+/t26-,32+/m1/s1. The molecule has 240 valence electrons. The van der Waals surface area contributed by atoms with Crippen molar-refractivity contribution in [2.45, 2.75) is 110 Å². The highest BCUT2D eigenvalue weighted by molar-refractivity contribution is 8.13. The fraction of sp³-hybridized carbons (Fsp3) is 0.688. The number of thioether (sulfide) groups is 1. The quantitative estimate of drug-likeness (QED) is 0.109. The smallest absolute Gasteiger partial charge is 0.303 e. The number of amidine groups is 1. The van der Waals surface area contributed by atoms with E-state index in [0.717, 1.165) is 25.0 Å². The summed E-state index contributed by atoms with van der Waals surface area (Å²) in [5.41, 5.74) is 0.651. The number of nitrogens with zero attached hydrogens (tertiary/aromatic N) is 2. The summed E-state index contributed by atoms with van der Waals surface area (Å²) in [6.45, 7) is 10.6. The Balaban J connectivity index is 1.78. The van der Waals surface area contributed by atoms with E-state index in [9.17, 15) is 19.2 Å². The highest BCUT2D eigenvalue weighted by Gasteiger charge is 2.39. The number of aliphatic imine (C=N–C) groups is 2. The SMILES string of the molecule is CCCCCCCC(=O)SCC/C=C/[C@H](CC(=O)NCC1=NC(C2=NC[C@@](C)(C(=O)NCC(C)C)N2)=CCC1)OC(C)=O. The number of allylic oxidation sites excluding steroid dienone is 2. The Bertz CT molecular complexity index is 1080. The Morgan fingerprint density at radius 3 is 2.65 bits per heavy atom. The number of rotatable bonds is 19. The van der Waals surface area contributed by atoms with Crippen molar-refractivity contribution in [2.75, 3.05) is 25.4 Å². The normalized spacial score (nSPS) is 18.9. The monoisotopic (exact) mass is 617 g/mol. The lowest BCUT2D eigenvalue weighted by Crippen LogP contribution is -2.56. The number of hydrogen-bond donors (Lipinski definition) is 3. The zero-order valence-corrected chi connectivity index (χ0v) is 27.4. The molecule has 3 N–H and O–H groups in total. The second-order valence-corrected chi connectivity index (χ2v) is 12.9. The van der Waals surface area contributed by atoms with E-state index in [1.807, 2.05) is 32.9 Å². The van der Waals surface area contributed by atoms with Crippen LogP contribution in [0.25, 0.3) is 0 Å². The fourth-order valence-corrected chi connectivity index (χ4v) is 5.29. The molecule has 2 rings (SSSR count). The summed E-state index contributed by atoms with van der Waals surface area (Å²) in [7, 11) is 0. The summed E-state index contributed by atoms with van der Waals surface area (Å²) in [5.74, 6) is 0.779. The van der Waals surface area contributed by atoms with Gasteiger partial charge in [-0.25, -0.2) is 0 Å². The Morgan fingerprint density at radius 2 is 1.93 bits per heavy atom. The number of esters is 1. The van der Waals surface area contributed by atoms with Crippen molar-refractivity contribution in [1.82, 2.24) is 16.0 Å². The van der Waals surface area contributed by atoms with Crippen LogP contribution in [-0.2, 0) is 23.9 Å². The maximum Gasteiger partial charge on any atom is 0.303 e. The van der Waals surface area contributed by atoms with Crippen molar-refractivity contribution >= 4 is 46.2 Å². The Labute approximate surface area is 261 Å². The van der Waals surface area contributed by atoms with Crippen LogP contribution in [0.3, 0.4) is 0 Å². The fourth-order valence-electron chi connectivity index (χ4n) is 4.52. The number of amides is 2. The van der Waals surface area contributed by atoms with Gasteiger partial charge in [-0.05, 0) is 44.6 Å². The van der Waals surface area contributed by atoms with Gasteiger partial charge in [-0.15, -0.1) is 0 Å². The molecular weight excluding hydrogens is 566 g/mol. The predicted molar refractivity (Wildman–Crippen MR) is 174 cm³/mol. The number of ether oxygens (including phenoxy) is 1. The molecule has 0 fully saturated rings. The molecule has 0 radical (unpaired) electrons. The van der Waals surface area contributed by atoms with Crippen molar-refractivity contribution in [1.29, 1.82) is 0 Å². The minimum atomic E-state index is -0.826. The first kappa shape index (κ1) is 36.2. The molecule has 0 aromatic carbocycles. The number of unbranched alkanes of at least 4 members (excludes halogenated alkanes) is 4. The van der Waals surface area contributed by atoms with Crippen LogP contribution in [0.15, 0.2) is 33.9 Å². The molecule has 2 amide bonds. The Morgan fingerprint density at radius 1 is 1.16 bits per heavy atom. The van der Waals surface area contributed by atoms with E-state index in [-0.39, 0.29) is 29.9 Å². The molecule has 10 nitrogen and oxygen atoms in total. The van der Waals surface area contributed by atoms with Gasteiger partial charge in [0.2, 0.25) is 11.8 Å². The summed E-state index contributed by atoms with van der Waals surface area (Å²) in [5, 5.41) is 9.29. The van der Waals surface area contributed by atoms with E-state index >= 15 is 0 Å². The van der Waals surface area contributed by atoms with Crippen LogP contribution in [0.4, 0.5) is 0 Å². The van der Waals surface area contributed by atoms with Crippen molar-refractivity contribution < 1.29 is 23.9 Å². The largest absolute Gasteiger partial charge is 0.458 e. The molecular formula is C32H51N5O5S. The molecule has 0 spiro atoms. The van der Waals surface area contributed by atoms with Crippen molar-refractivity contribution in [3.05, 3.63) is 23.9 Å². The van der Waals surface area contributed by atoms with Crippen molar-refractivity contribution in [3.8, 4) is 0 Å². The van der Waals surface area contributed by atoms with Gasteiger partial charge in [-0.2, -0.15) is 0 Å². The molecule has 0 aliphatic carbocycles. The van der Waals surface area contributed by atoms with Gasteiger partial charge < -0.3 is 20.7 Å². The maximum atomic E-state index is 12.7. The third kappa shape index (κ3) is 14.4. The molecule has 2 aliphatic heterocycles. The van der Waals surface area contributed by atoms with Gasteiger partial charge in [0.05, 0.1) is 19.5 Å². The van der Waals surface area contributed by atoms with Crippen LogP contribution in [0.5, 0.6) is 0 Å². The third-order valence-electron chi connectivity index (χ3n) is 6.99. The molecule has 0 aromatic rings. The lowest BCUT2D eigenvalue weighted by molar-refractivity contribution is -0.145. The molecule has 2 aliphatic rings. The van der Waals surface area contributed by atoms with Gasteiger partial charge >= 0.3 is 5.97 Å². The molecule has 43 heavy (non-hydrogen) atoms. The first-order valence-corrected chi connectivity index (χ1v) is 16.6. The highest BCUT2D eigenvalue weighted by atomic mass is 32.2. The van der Waals surface area contributed by atoms with Gasteiger partial charge in [-0.3, -0.25) is 29.2 Å². The average Bonchev–Trinajstić information content (AvgIpc) is 3.37. The lowest BCUT2D eigenvalue weighted by Gasteiger charge is -2.24. The van der Waals surface area contributed by atoms with E-state index in [0.29, 0.717) is 55.6 Å². The van der Waals surface area contributed by atoms with Crippen LogP contribution < -0.4 is 16.0 Å². The zero-order chi connectivity index (χ0) is 31.7. The maximum absolute atomic E-state index is 12.7. The summed E-state index contributed by atoms with van der Waals surface area (Å²) in [6, 6.07) is 0. The zero-order valence-electron chi connectivity index (χ0n) is 26.6. The predicted octanol–water partition coefficient (Wildman–Crippen LogP) is 4.64. The molecule has 0 saturated heterocycles. The van der Waals surface area contributed by atoms with E-state index < -0.39 is 17.6 Å². The summed E-state index contributed by atoms with van der Waals surface area (Å²) in [6.07, 6.45) is 13.2. The molecule has 0 aromatic heterocycles. The average molecular weight is 618 g/mol. The molecule has 2 heterocycles. The minimum Gasteiger partial charge on any atom is -0.458 e. The van der Waals surface area contributed by atoms with Gasteiger partial charge in [0.1, 0.15) is 23.2 Å². The molecule has 0 bridgehead atoms. The molecule has 0 unspecified atom stereocenters. The number of carbonyl (C=O) groups is 4. The second kappa shape index (κ2) is 19.4. The summed E-state index contributed by atoms with van der Waals surface area (Å²) in [4.78, 5) is 58.2. The van der Waals surface area contributed by atoms with Gasteiger partial charge in [-0.1, -0.05) is 70.4 Å². The number of carbonyl (C=O) groups excluding carboxylic acids is 4. The van der Waals surface area contributed by atoms with Crippen LogP contribution in [0.1, 0.15) is 98.8 Å². The van der Waals surface area contributed by atoms with E-state index in [4.69, 9.17) is 4.74 Å². The third-order valence-corrected chi connectivity index (χ3v) is 7.95. The second-order valence-electron chi connectivity index (χ2n) is 11.8. The Hall–Kier alpha value is -2.95. The van der Waals surface area contributed by atoms with E-state index in [1.54, 1.807) is 6.08 Å².